The minimum Gasteiger partial charge on any atom is -0.358 e. The quantitative estimate of drug-likeness (QED) is 0.584. The number of nitrogens with zero attached hydrogens (tertiary/aromatic N) is 4. The van der Waals surface area contributed by atoms with Gasteiger partial charge in [0.1, 0.15) is 5.82 Å². The van der Waals surface area contributed by atoms with Crippen LogP contribution in [0.5, 0.6) is 0 Å². The maximum Gasteiger partial charge on any atom is 1.00 e. The molecule has 2 aromatic heterocycles. The summed E-state index contributed by atoms with van der Waals surface area (Å²) in [5.41, 5.74) is 0. The van der Waals surface area contributed by atoms with Gasteiger partial charge in [-0.2, -0.15) is 0 Å². The van der Waals surface area contributed by atoms with Crippen molar-refractivity contribution in [2.75, 3.05) is 18.4 Å². The zero-order valence-corrected chi connectivity index (χ0v) is 21.9. The number of anilines is 1. The molecule has 0 radical (unpaired) electrons. The van der Waals surface area contributed by atoms with Gasteiger partial charge in [0, 0.05) is 37.5 Å². The van der Waals surface area contributed by atoms with Crippen molar-refractivity contribution in [3.8, 4) is 0 Å². The first-order chi connectivity index (χ1) is 11.1. The summed E-state index contributed by atoms with van der Waals surface area (Å²) in [6.07, 6.45) is 6.10. The second-order valence-corrected chi connectivity index (χ2v) is 6.84. The summed E-state index contributed by atoms with van der Waals surface area (Å²) in [7, 11) is 0. The van der Waals surface area contributed by atoms with Gasteiger partial charge in [-0.3, -0.25) is 9.69 Å². The number of amides is 1. The van der Waals surface area contributed by atoms with Gasteiger partial charge >= 0.3 is 68.9 Å². The molecule has 6 nitrogen and oxygen atoms in total. The van der Waals surface area contributed by atoms with Crippen molar-refractivity contribution in [2.45, 2.75) is 26.3 Å². The molecule has 0 aromatic carbocycles. The van der Waals surface area contributed by atoms with E-state index in [0.717, 1.165) is 37.4 Å². The molecule has 0 bridgehead atoms. The minimum atomic E-state index is -0.401. The van der Waals surface area contributed by atoms with E-state index in [1.807, 2.05) is 6.20 Å². The van der Waals surface area contributed by atoms with Crippen LogP contribution in [0.2, 0.25) is 0 Å². The van der Waals surface area contributed by atoms with E-state index in [0.29, 0.717) is 16.9 Å². The van der Waals surface area contributed by atoms with E-state index in [2.05, 4.69) is 25.2 Å². The maximum atomic E-state index is 12.8. The summed E-state index contributed by atoms with van der Waals surface area (Å²) < 4.78 is 12.8. The number of halogens is 1. The Kier molecular flexibility index (Phi) is 10.3. The Morgan fingerprint density at radius 2 is 2.08 bits per heavy atom. The van der Waals surface area contributed by atoms with Crippen LogP contribution in [0.1, 0.15) is 24.0 Å². The average Bonchev–Trinajstić information content (AvgIpc) is 3.11. The third-order valence-electron chi connectivity index (χ3n) is 3.73. The Morgan fingerprint density at radius 3 is 2.76 bits per heavy atom. The summed E-state index contributed by atoms with van der Waals surface area (Å²) in [6.45, 7) is 4.29. The van der Waals surface area contributed by atoms with Crippen LogP contribution in [0.4, 0.5) is 9.52 Å². The van der Waals surface area contributed by atoms with E-state index in [1.54, 1.807) is 0 Å². The molecule has 3 heterocycles. The topological polar surface area (TPSA) is 71.0 Å². The largest absolute Gasteiger partial charge is 1.00 e. The van der Waals surface area contributed by atoms with Gasteiger partial charge in [0.15, 0.2) is 10.9 Å². The van der Waals surface area contributed by atoms with Gasteiger partial charge in [-0.1, -0.05) is 0 Å². The van der Waals surface area contributed by atoms with Crippen molar-refractivity contribution in [3.05, 3.63) is 42.5 Å². The average molecular weight is 483 g/mol. The van der Waals surface area contributed by atoms with E-state index >= 15 is 0 Å². The maximum absolute atomic E-state index is 12.8. The van der Waals surface area contributed by atoms with E-state index < -0.39 is 5.82 Å². The molecule has 130 valence electrons. The van der Waals surface area contributed by atoms with Crippen LogP contribution in [0.15, 0.2) is 18.6 Å². The van der Waals surface area contributed by atoms with Crippen molar-refractivity contribution < 1.29 is 78.1 Å². The Labute approximate surface area is 210 Å². The Bertz CT molecular complexity index is 681. The van der Waals surface area contributed by atoms with Gasteiger partial charge in [-0.25, -0.2) is 19.3 Å². The van der Waals surface area contributed by atoms with Crippen molar-refractivity contribution in [3.63, 3.8) is 0 Å². The van der Waals surface area contributed by atoms with Gasteiger partial charge in [0.25, 0.3) is 0 Å². The van der Waals surface area contributed by atoms with Crippen LogP contribution >= 0.6 is 11.3 Å². The SMILES string of the molecule is CC(=O)Nc1ncc(CN2CCC(Cc3ncc(F)cn3)C2)s1.[CH3-].[Cs+]. The number of aromatic nitrogens is 3. The summed E-state index contributed by atoms with van der Waals surface area (Å²) in [5, 5.41) is 3.34. The van der Waals surface area contributed by atoms with Crippen molar-refractivity contribution in [2.24, 2.45) is 5.92 Å². The monoisotopic (exact) mass is 483 g/mol. The number of thiazole rings is 1. The molecule has 1 atom stereocenters. The predicted molar refractivity (Wildman–Crippen MR) is 91.9 cm³/mol. The number of hydrogen-bond acceptors (Lipinski definition) is 6. The first-order valence-corrected chi connectivity index (χ1v) is 8.31. The normalized spacial score (nSPS) is 16.8. The van der Waals surface area contributed by atoms with E-state index in [4.69, 9.17) is 0 Å². The molecule has 1 fully saturated rings. The first-order valence-electron chi connectivity index (χ1n) is 7.49. The fraction of sp³-hybridized carbons (Fsp3) is 0.438. The third-order valence-corrected chi connectivity index (χ3v) is 4.63. The molecular formula is C16H21CsFN5OS. The summed E-state index contributed by atoms with van der Waals surface area (Å²) in [6, 6.07) is 0. The zero-order valence-electron chi connectivity index (χ0n) is 14.8. The molecular weight excluding hydrogens is 462 g/mol. The van der Waals surface area contributed by atoms with Crippen LogP contribution in [-0.4, -0.2) is 38.8 Å². The van der Waals surface area contributed by atoms with Crippen molar-refractivity contribution >= 4 is 22.4 Å². The van der Waals surface area contributed by atoms with E-state index in [1.165, 1.54) is 30.7 Å². The Hall–Kier alpha value is 0.122. The Balaban J connectivity index is 0.00000156. The third kappa shape index (κ3) is 7.33. The molecule has 0 aliphatic carbocycles. The predicted octanol–water partition coefficient (Wildman–Crippen LogP) is -0.451. The fourth-order valence-electron chi connectivity index (χ4n) is 2.74. The van der Waals surface area contributed by atoms with Crippen LogP contribution in [-0.2, 0) is 17.8 Å². The number of rotatable bonds is 5. The molecule has 3 rings (SSSR count). The minimum absolute atomic E-state index is 0. The van der Waals surface area contributed by atoms with Gasteiger partial charge in [-0.15, -0.1) is 11.3 Å². The molecule has 0 saturated carbocycles. The first kappa shape index (κ1) is 23.2. The van der Waals surface area contributed by atoms with Crippen LogP contribution in [0.25, 0.3) is 0 Å². The smallest absolute Gasteiger partial charge is 0.358 e. The molecule has 25 heavy (non-hydrogen) atoms. The fourth-order valence-corrected chi connectivity index (χ4v) is 3.64. The van der Waals surface area contributed by atoms with Crippen LogP contribution in [0, 0.1) is 19.2 Å². The van der Waals surface area contributed by atoms with Gasteiger partial charge < -0.3 is 12.7 Å². The molecule has 2 aromatic rings. The molecule has 1 unspecified atom stereocenters. The summed E-state index contributed by atoms with van der Waals surface area (Å²) in [5.74, 6) is 0.681. The molecule has 1 amide bonds. The van der Waals surface area contributed by atoms with Crippen LogP contribution in [0.3, 0.4) is 0 Å². The number of hydrogen-bond donors (Lipinski definition) is 1. The van der Waals surface area contributed by atoms with Crippen molar-refractivity contribution in [1.82, 2.24) is 19.9 Å². The molecule has 0 spiro atoms. The van der Waals surface area contributed by atoms with Crippen LogP contribution < -0.4 is 74.2 Å². The second kappa shape index (κ2) is 11.1. The number of likely N-dealkylation sites (tertiary alicyclic amines) is 1. The van der Waals surface area contributed by atoms with E-state index in [-0.39, 0.29) is 82.2 Å². The number of carbonyl (C=O) groups is 1. The molecule has 1 saturated heterocycles. The van der Waals surface area contributed by atoms with Crippen molar-refractivity contribution in [1.29, 1.82) is 0 Å². The number of nitrogens with one attached hydrogen (secondary N) is 1. The van der Waals surface area contributed by atoms with Gasteiger partial charge in [0.2, 0.25) is 5.91 Å². The number of carbonyl (C=O) groups excluding carboxylic acids is 1. The second-order valence-electron chi connectivity index (χ2n) is 5.72. The standard InChI is InChI=1S/C15H18FN5OS.CH3.Cs/c1-10(22)20-15-19-7-13(23-15)9-21-3-2-11(8-21)4-14-17-5-12(16)6-18-14;;/h5-7,11H,2-4,8-9H2,1H3,(H,19,20,22);1H3;/q;-1;+1. The summed E-state index contributed by atoms with van der Waals surface area (Å²) in [4.78, 5) is 26.8. The molecule has 1 aliphatic rings. The van der Waals surface area contributed by atoms with Gasteiger partial charge in [-0.05, 0) is 18.9 Å². The molecule has 9 heteroatoms. The molecule has 1 N–H and O–H groups in total. The Morgan fingerprint density at radius 1 is 1.36 bits per heavy atom. The summed E-state index contributed by atoms with van der Waals surface area (Å²) >= 11 is 1.50. The van der Waals surface area contributed by atoms with Gasteiger partial charge in [0.05, 0.1) is 12.4 Å². The zero-order chi connectivity index (χ0) is 16.2. The molecule has 1 aliphatic heterocycles. The van der Waals surface area contributed by atoms with E-state index in [9.17, 15) is 9.18 Å².